The summed E-state index contributed by atoms with van der Waals surface area (Å²) in [7, 11) is 2.80. The second-order valence-electron chi connectivity index (χ2n) is 2.99. The first-order valence-electron chi connectivity index (χ1n) is 3.94. The largest absolute Gasteiger partial charge is 0.492 e. The summed E-state index contributed by atoms with van der Waals surface area (Å²) in [6.07, 6.45) is 1.33. The average Bonchev–Trinajstić information content (AvgIpc) is 2.45. The first kappa shape index (κ1) is 11.3. The molecule has 0 fully saturated rings. The summed E-state index contributed by atoms with van der Waals surface area (Å²) >= 11 is 0. The van der Waals surface area contributed by atoms with Crippen molar-refractivity contribution in [3.8, 4) is 5.75 Å². The van der Waals surface area contributed by atoms with Gasteiger partial charge in [-0.3, -0.25) is 0 Å². The van der Waals surface area contributed by atoms with Crippen LogP contribution in [0.3, 0.4) is 0 Å². The lowest BCUT2D eigenvalue weighted by Gasteiger charge is -2.08. The van der Waals surface area contributed by atoms with Crippen LogP contribution in [0, 0.1) is 0 Å². The van der Waals surface area contributed by atoms with Gasteiger partial charge in [-0.2, -0.15) is 5.10 Å². The number of methoxy groups -OCH3 is 1. The number of nitrogens with zero attached hydrogens (tertiary/aromatic N) is 2. The standard InChI is InChI=1S/C7H11ClN2O3S/c1-5(2)10-7(14(8,11)12)6(13-3)4-9-10/h4-5H,1-3H3. The molecule has 1 aromatic rings. The molecular weight excluding hydrogens is 228 g/mol. The number of halogens is 1. The van der Waals surface area contributed by atoms with Crippen LogP contribution in [0.5, 0.6) is 5.75 Å². The lowest BCUT2D eigenvalue weighted by molar-refractivity contribution is 0.391. The van der Waals surface area contributed by atoms with Crippen LogP contribution in [-0.2, 0) is 9.05 Å². The van der Waals surface area contributed by atoms with Crippen molar-refractivity contribution in [1.29, 1.82) is 0 Å². The van der Waals surface area contributed by atoms with E-state index < -0.39 is 9.05 Å². The van der Waals surface area contributed by atoms with Crippen molar-refractivity contribution in [2.75, 3.05) is 7.11 Å². The highest BCUT2D eigenvalue weighted by Gasteiger charge is 2.24. The lowest BCUT2D eigenvalue weighted by atomic mass is 10.4. The zero-order valence-corrected chi connectivity index (χ0v) is 9.63. The highest BCUT2D eigenvalue weighted by Crippen LogP contribution is 2.28. The monoisotopic (exact) mass is 238 g/mol. The maximum absolute atomic E-state index is 11.2. The van der Waals surface area contributed by atoms with Crippen molar-refractivity contribution in [3.63, 3.8) is 0 Å². The first-order valence-corrected chi connectivity index (χ1v) is 6.25. The van der Waals surface area contributed by atoms with Gasteiger partial charge in [0.25, 0.3) is 9.05 Å². The van der Waals surface area contributed by atoms with E-state index in [4.69, 9.17) is 15.4 Å². The third kappa shape index (κ3) is 2.01. The normalized spacial score (nSPS) is 12.1. The van der Waals surface area contributed by atoms with Crippen LogP contribution in [0.2, 0.25) is 0 Å². The summed E-state index contributed by atoms with van der Waals surface area (Å²) in [4.78, 5) is 0. The molecule has 0 aliphatic carbocycles. The Morgan fingerprint density at radius 3 is 2.50 bits per heavy atom. The highest BCUT2D eigenvalue weighted by atomic mass is 35.7. The molecule has 0 radical (unpaired) electrons. The van der Waals surface area contributed by atoms with Crippen LogP contribution in [0.1, 0.15) is 19.9 Å². The van der Waals surface area contributed by atoms with Gasteiger partial charge in [-0.1, -0.05) is 0 Å². The Labute approximate surface area is 87.0 Å². The Kier molecular flexibility index (Phi) is 3.06. The zero-order chi connectivity index (χ0) is 10.9. The molecular formula is C7H11ClN2O3S. The number of aromatic nitrogens is 2. The van der Waals surface area contributed by atoms with Crippen molar-refractivity contribution in [2.45, 2.75) is 24.9 Å². The van der Waals surface area contributed by atoms with Crippen molar-refractivity contribution in [3.05, 3.63) is 6.20 Å². The van der Waals surface area contributed by atoms with Gasteiger partial charge >= 0.3 is 0 Å². The zero-order valence-electron chi connectivity index (χ0n) is 8.06. The van der Waals surface area contributed by atoms with Crippen LogP contribution in [0.25, 0.3) is 0 Å². The molecule has 0 aromatic carbocycles. The van der Waals surface area contributed by atoms with Crippen molar-refractivity contribution in [1.82, 2.24) is 9.78 Å². The number of hydrogen-bond donors (Lipinski definition) is 0. The molecule has 1 rings (SSSR count). The molecule has 1 aromatic heterocycles. The first-order chi connectivity index (χ1) is 6.38. The van der Waals surface area contributed by atoms with Gasteiger partial charge in [0, 0.05) is 16.7 Å². The van der Waals surface area contributed by atoms with Gasteiger partial charge < -0.3 is 4.74 Å². The number of ether oxygens (including phenoxy) is 1. The van der Waals surface area contributed by atoms with Gasteiger partial charge in [-0.15, -0.1) is 0 Å². The molecule has 0 saturated heterocycles. The van der Waals surface area contributed by atoms with Crippen LogP contribution in [0.15, 0.2) is 11.2 Å². The Bertz CT molecular complexity index is 424. The van der Waals surface area contributed by atoms with Crippen LogP contribution < -0.4 is 4.74 Å². The molecule has 5 nitrogen and oxygen atoms in total. The predicted octanol–water partition coefficient (Wildman–Crippen LogP) is 1.40. The smallest absolute Gasteiger partial charge is 0.282 e. The van der Waals surface area contributed by atoms with Gasteiger partial charge in [-0.25, -0.2) is 13.1 Å². The van der Waals surface area contributed by atoms with E-state index in [0.29, 0.717) is 0 Å². The van der Waals surface area contributed by atoms with Gasteiger partial charge in [-0.05, 0) is 13.8 Å². The van der Waals surface area contributed by atoms with E-state index in [-0.39, 0.29) is 16.8 Å². The van der Waals surface area contributed by atoms with E-state index in [1.807, 2.05) is 0 Å². The molecule has 7 heteroatoms. The SMILES string of the molecule is COc1cnn(C(C)C)c1S(=O)(=O)Cl. The summed E-state index contributed by atoms with van der Waals surface area (Å²) < 4.78 is 28.6. The quantitative estimate of drug-likeness (QED) is 0.747. The van der Waals surface area contributed by atoms with Crippen LogP contribution in [0.4, 0.5) is 0 Å². The van der Waals surface area contributed by atoms with E-state index >= 15 is 0 Å². The molecule has 0 aliphatic rings. The lowest BCUT2D eigenvalue weighted by Crippen LogP contribution is -2.09. The Morgan fingerprint density at radius 1 is 1.57 bits per heavy atom. The molecule has 0 atom stereocenters. The summed E-state index contributed by atoms with van der Waals surface area (Å²) in [6.45, 7) is 3.61. The fourth-order valence-corrected chi connectivity index (χ4v) is 2.37. The Balaban J connectivity index is 3.42. The molecule has 0 spiro atoms. The number of hydrogen-bond acceptors (Lipinski definition) is 4. The van der Waals surface area contributed by atoms with Gasteiger partial charge in [0.05, 0.1) is 13.3 Å². The van der Waals surface area contributed by atoms with Crippen LogP contribution >= 0.6 is 10.7 Å². The molecule has 14 heavy (non-hydrogen) atoms. The van der Waals surface area contributed by atoms with Crippen molar-refractivity contribution >= 4 is 19.7 Å². The third-order valence-electron chi connectivity index (χ3n) is 1.66. The predicted molar refractivity (Wildman–Crippen MR) is 52.2 cm³/mol. The molecule has 0 N–H and O–H groups in total. The fraction of sp³-hybridized carbons (Fsp3) is 0.571. The second-order valence-corrected chi connectivity index (χ2v) is 5.48. The fourth-order valence-electron chi connectivity index (χ4n) is 1.07. The van der Waals surface area contributed by atoms with E-state index in [0.717, 1.165) is 0 Å². The van der Waals surface area contributed by atoms with Crippen LogP contribution in [-0.4, -0.2) is 25.3 Å². The van der Waals surface area contributed by atoms with Crippen molar-refractivity contribution < 1.29 is 13.2 Å². The average molecular weight is 239 g/mol. The maximum Gasteiger partial charge on any atom is 0.282 e. The van der Waals surface area contributed by atoms with Gasteiger partial charge in [0.1, 0.15) is 0 Å². The highest BCUT2D eigenvalue weighted by molar-refractivity contribution is 8.13. The molecule has 0 saturated carbocycles. The molecule has 0 amide bonds. The molecule has 0 aliphatic heterocycles. The third-order valence-corrected chi connectivity index (χ3v) is 2.95. The molecule has 0 bridgehead atoms. The van der Waals surface area contributed by atoms with Gasteiger partial charge in [0.15, 0.2) is 5.75 Å². The van der Waals surface area contributed by atoms with E-state index in [2.05, 4.69) is 5.10 Å². The molecule has 1 heterocycles. The maximum atomic E-state index is 11.2. The second kappa shape index (κ2) is 3.78. The van der Waals surface area contributed by atoms with E-state index in [1.165, 1.54) is 18.0 Å². The van der Waals surface area contributed by atoms with E-state index in [9.17, 15) is 8.42 Å². The summed E-state index contributed by atoms with van der Waals surface area (Å²) in [5.74, 6) is 0.161. The summed E-state index contributed by atoms with van der Waals surface area (Å²) in [5.41, 5.74) is 0. The van der Waals surface area contributed by atoms with E-state index in [1.54, 1.807) is 13.8 Å². The minimum absolute atomic E-state index is 0.0950. The Hall–Kier alpha value is -0.750. The topological polar surface area (TPSA) is 61.2 Å². The summed E-state index contributed by atoms with van der Waals surface area (Å²) in [5, 5.41) is 3.78. The Morgan fingerprint density at radius 2 is 2.14 bits per heavy atom. The minimum Gasteiger partial charge on any atom is -0.492 e. The van der Waals surface area contributed by atoms with Gasteiger partial charge in [0.2, 0.25) is 5.03 Å². The molecule has 0 unspecified atom stereocenters. The number of rotatable bonds is 3. The van der Waals surface area contributed by atoms with Crippen molar-refractivity contribution in [2.24, 2.45) is 0 Å². The minimum atomic E-state index is -3.83. The summed E-state index contributed by atoms with van der Waals surface area (Å²) in [6, 6.07) is -0.0950. The molecule has 80 valence electrons.